The first-order chi connectivity index (χ1) is 15.9. The van der Waals surface area contributed by atoms with Crippen LogP contribution in [0.1, 0.15) is 62.3 Å². The van der Waals surface area contributed by atoms with Gasteiger partial charge in [0.05, 0.1) is 35.1 Å². The molecule has 2 aliphatic rings. The molecule has 1 aromatic rings. The first-order valence-corrected chi connectivity index (χ1v) is 11.1. The van der Waals surface area contributed by atoms with Crippen molar-refractivity contribution in [1.82, 2.24) is 5.32 Å². The fourth-order valence-corrected chi connectivity index (χ4v) is 4.37. The number of hydrogen-bond donors (Lipinski definition) is 2. The van der Waals surface area contributed by atoms with E-state index in [0.717, 1.165) is 18.4 Å². The van der Waals surface area contributed by atoms with Crippen LogP contribution in [0.4, 0.5) is 26.3 Å². The number of benzene rings is 1. The average Bonchev–Trinajstić information content (AvgIpc) is 2.81. The largest absolute Gasteiger partial charge is 0.416 e. The van der Waals surface area contributed by atoms with Crippen molar-refractivity contribution in [3.05, 3.63) is 58.7 Å². The van der Waals surface area contributed by atoms with Crippen LogP contribution in [0.3, 0.4) is 0 Å². The van der Waals surface area contributed by atoms with Gasteiger partial charge in [0.2, 0.25) is 0 Å². The second-order valence-electron chi connectivity index (χ2n) is 8.87. The fraction of sp³-hybridized carbons (Fsp3) is 0.542. The number of piperidine rings is 1. The zero-order valence-corrected chi connectivity index (χ0v) is 18.9. The minimum atomic E-state index is -4.92. The number of ether oxygens (including phenoxy) is 1. The van der Waals surface area contributed by atoms with Gasteiger partial charge in [-0.1, -0.05) is 23.4 Å². The van der Waals surface area contributed by atoms with Crippen molar-refractivity contribution in [2.45, 2.75) is 63.5 Å². The van der Waals surface area contributed by atoms with Gasteiger partial charge in [-0.05, 0) is 68.9 Å². The Hall–Kier alpha value is -2.33. The lowest BCUT2D eigenvalue weighted by Crippen LogP contribution is -2.56. The third-order valence-corrected chi connectivity index (χ3v) is 6.56. The van der Waals surface area contributed by atoms with E-state index in [1.54, 1.807) is 6.92 Å². The number of nitrogens with zero attached hydrogens (tertiary/aromatic N) is 1. The van der Waals surface area contributed by atoms with Gasteiger partial charge in [0.15, 0.2) is 0 Å². The number of allylic oxidation sites excluding steroid dienone is 2. The molecule has 1 aliphatic heterocycles. The molecule has 2 N–H and O–H groups in total. The van der Waals surface area contributed by atoms with Gasteiger partial charge >= 0.3 is 12.4 Å². The summed E-state index contributed by atoms with van der Waals surface area (Å²) in [5.41, 5.74) is -2.00. The Morgan fingerprint density at radius 3 is 2.26 bits per heavy atom. The molecule has 0 saturated carbocycles. The molecule has 3 rings (SSSR count). The summed E-state index contributed by atoms with van der Waals surface area (Å²) < 4.78 is 85.4. The molecular formula is C24H28F6N2O2. The van der Waals surface area contributed by atoms with Crippen LogP contribution >= 0.6 is 0 Å². The highest BCUT2D eigenvalue weighted by atomic mass is 19.4. The zero-order chi connectivity index (χ0) is 25.1. The van der Waals surface area contributed by atoms with Gasteiger partial charge in [0, 0.05) is 12.5 Å². The van der Waals surface area contributed by atoms with Gasteiger partial charge in [-0.15, -0.1) is 0 Å². The Morgan fingerprint density at radius 1 is 1.15 bits per heavy atom. The number of alkyl halides is 6. The summed E-state index contributed by atoms with van der Waals surface area (Å²) in [5.74, 6) is 0.0153. The molecule has 0 radical (unpaired) electrons. The molecule has 0 amide bonds. The summed E-state index contributed by atoms with van der Waals surface area (Å²) in [7, 11) is 0. The van der Waals surface area contributed by atoms with E-state index in [1.807, 2.05) is 12.2 Å². The molecule has 0 aromatic heterocycles. The minimum Gasteiger partial charge on any atom is -0.411 e. The van der Waals surface area contributed by atoms with Crippen molar-refractivity contribution in [3.63, 3.8) is 0 Å². The van der Waals surface area contributed by atoms with E-state index in [-0.39, 0.29) is 24.2 Å². The summed E-state index contributed by atoms with van der Waals surface area (Å²) in [5, 5.41) is 15.8. The van der Waals surface area contributed by atoms with E-state index in [1.165, 1.54) is 6.92 Å². The van der Waals surface area contributed by atoms with Gasteiger partial charge in [-0.3, -0.25) is 0 Å². The molecule has 188 valence electrons. The lowest BCUT2D eigenvalue weighted by molar-refractivity contribution is -0.143. The summed E-state index contributed by atoms with van der Waals surface area (Å²) in [6.07, 6.45) is -1.76. The number of nitrogens with one attached hydrogen (secondary N) is 1. The topological polar surface area (TPSA) is 53.9 Å². The van der Waals surface area contributed by atoms with Gasteiger partial charge < -0.3 is 15.3 Å². The predicted molar refractivity (Wildman–Crippen MR) is 116 cm³/mol. The van der Waals surface area contributed by atoms with E-state index in [4.69, 9.17) is 9.94 Å². The normalized spacial score (nSPS) is 25.2. The van der Waals surface area contributed by atoms with E-state index in [0.29, 0.717) is 37.2 Å². The quantitative estimate of drug-likeness (QED) is 0.203. The molecular weight excluding hydrogens is 462 g/mol. The molecule has 34 heavy (non-hydrogen) atoms. The summed E-state index contributed by atoms with van der Waals surface area (Å²) in [6.45, 7) is 3.73. The van der Waals surface area contributed by atoms with Gasteiger partial charge in [-0.25, -0.2) is 0 Å². The first-order valence-electron chi connectivity index (χ1n) is 11.1. The van der Waals surface area contributed by atoms with Crippen LogP contribution in [0.5, 0.6) is 0 Å². The van der Waals surface area contributed by atoms with E-state index in [9.17, 15) is 26.3 Å². The van der Waals surface area contributed by atoms with Crippen molar-refractivity contribution < 1.29 is 36.3 Å². The molecule has 1 fully saturated rings. The summed E-state index contributed by atoms with van der Waals surface area (Å²) >= 11 is 0. The Balaban J connectivity index is 1.85. The van der Waals surface area contributed by atoms with Gasteiger partial charge in [-0.2, -0.15) is 26.3 Å². The molecule has 1 aliphatic carbocycles. The molecule has 2 unspecified atom stereocenters. The Labute approximate surface area is 194 Å². The zero-order valence-electron chi connectivity index (χ0n) is 18.9. The maximum absolute atomic E-state index is 13.3. The lowest BCUT2D eigenvalue weighted by atomic mass is 9.77. The standard InChI is InChI=1S/C24H28F6N2O2/c1-15(32-33)17-8-9-22(31-13-17,19-6-4-3-5-7-19)14-34-16(2)18-10-20(23(25,26)27)12-21(11-18)24(28,29)30/h4,6-7,10-12,16-17,31,33H,3,5,8-9,13-14H2,1-2H3/b32-15+/t16?,17?,22-/m1/s1. The third kappa shape index (κ3) is 6.02. The Morgan fingerprint density at radius 2 is 1.79 bits per heavy atom. The SMILES string of the molecule is C/C(=N\O)C1CC[C@@](COC(C)c2cc(C(F)(F)F)cc(C(F)(F)F)c2)(C2=CCCC=C2)NC1. The number of rotatable bonds is 6. The maximum atomic E-state index is 13.3. The Kier molecular flexibility index (Phi) is 7.82. The summed E-state index contributed by atoms with van der Waals surface area (Å²) in [6, 6.07) is 1.53. The highest BCUT2D eigenvalue weighted by molar-refractivity contribution is 5.84. The van der Waals surface area contributed by atoms with Crippen LogP contribution in [-0.4, -0.2) is 29.6 Å². The molecule has 10 heteroatoms. The van der Waals surface area contributed by atoms with Crippen molar-refractivity contribution >= 4 is 5.71 Å². The van der Waals surface area contributed by atoms with Crippen LogP contribution in [0.2, 0.25) is 0 Å². The molecule has 1 aromatic carbocycles. The minimum absolute atomic E-state index is 0.0153. The fourth-order valence-electron chi connectivity index (χ4n) is 4.37. The first kappa shape index (κ1) is 26.3. The number of oxime groups is 1. The third-order valence-electron chi connectivity index (χ3n) is 6.56. The highest BCUT2D eigenvalue weighted by Gasteiger charge is 2.40. The van der Waals surface area contributed by atoms with Crippen LogP contribution in [0, 0.1) is 5.92 Å². The maximum Gasteiger partial charge on any atom is 0.416 e. The van der Waals surface area contributed by atoms with Crippen LogP contribution in [0.15, 0.2) is 47.2 Å². The van der Waals surface area contributed by atoms with E-state index < -0.39 is 35.1 Å². The number of hydrogen-bond acceptors (Lipinski definition) is 4. The van der Waals surface area contributed by atoms with Crippen molar-refractivity contribution in [2.24, 2.45) is 11.1 Å². The smallest absolute Gasteiger partial charge is 0.411 e. The van der Waals surface area contributed by atoms with Crippen molar-refractivity contribution in [2.75, 3.05) is 13.2 Å². The van der Waals surface area contributed by atoms with E-state index in [2.05, 4.69) is 16.5 Å². The van der Waals surface area contributed by atoms with Gasteiger partial charge in [0.25, 0.3) is 0 Å². The monoisotopic (exact) mass is 490 g/mol. The molecule has 0 bridgehead atoms. The predicted octanol–water partition coefficient (Wildman–Crippen LogP) is 6.67. The molecule has 0 spiro atoms. The Bertz CT molecular complexity index is 925. The van der Waals surface area contributed by atoms with E-state index >= 15 is 0 Å². The van der Waals surface area contributed by atoms with Crippen LogP contribution < -0.4 is 5.32 Å². The van der Waals surface area contributed by atoms with Crippen LogP contribution in [-0.2, 0) is 17.1 Å². The lowest BCUT2D eigenvalue weighted by Gasteiger charge is -2.43. The van der Waals surface area contributed by atoms with Crippen molar-refractivity contribution in [1.29, 1.82) is 0 Å². The highest BCUT2D eigenvalue weighted by Crippen LogP contribution is 2.39. The number of halogens is 6. The van der Waals surface area contributed by atoms with Crippen LogP contribution in [0.25, 0.3) is 0 Å². The van der Waals surface area contributed by atoms with Crippen molar-refractivity contribution in [3.8, 4) is 0 Å². The molecule has 3 atom stereocenters. The second kappa shape index (κ2) is 10.1. The second-order valence-corrected chi connectivity index (χ2v) is 8.87. The molecule has 1 saturated heterocycles. The average molecular weight is 490 g/mol. The molecule has 4 nitrogen and oxygen atoms in total. The van der Waals surface area contributed by atoms with Gasteiger partial charge in [0.1, 0.15) is 0 Å². The summed E-state index contributed by atoms with van der Waals surface area (Å²) in [4.78, 5) is 0. The molecule has 1 heterocycles.